The van der Waals surface area contributed by atoms with Gasteiger partial charge in [-0.3, -0.25) is 5.41 Å². The molecule has 1 heterocycles. The first-order valence-electron chi connectivity index (χ1n) is 10.2. The second-order valence-electron chi connectivity index (χ2n) is 7.24. The largest absolute Gasteiger partial charge is 0.493 e. The average Bonchev–Trinajstić information content (AvgIpc) is 3.19. The Hall–Kier alpha value is -3.81. The average molecular weight is 436 g/mol. The summed E-state index contributed by atoms with van der Waals surface area (Å²) in [5.41, 5.74) is 9.65. The van der Waals surface area contributed by atoms with E-state index < -0.39 is 0 Å². The molecule has 2 aromatic rings. The first kappa shape index (κ1) is 22.9. The van der Waals surface area contributed by atoms with Crippen LogP contribution in [0.1, 0.15) is 30.9 Å². The van der Waals surface area contributed by atoms with Crippen molar-refractivity contribution in [3.05, 3.63) is 65.5 Å². The zero-order valence-electron chi connectivity index (χ0n) is 18.9. The molecule has 3 rings (SSSR count). The van der Waals surface area contributed by atoms with Crippen molar-refractivity contribution < 1.29 is 14.2 Å². The van der Waals surface area contributed by atoms with E-state index in [9.17, 15) is 0 Å². The number of nitrogens with two attached hydrogens (primary N) is 1. The molecule has 0 fully saturated rings. The fourth-order valence-electron chi connectivity index (χ4n) is 3.94. The van der Waals surface area contributed by atoms with Gasteiger partial charge in [0.1, 0.15) is 18.0 Å². The molecule has 0 spiro atoms. The maximum atomic E-state index is 8.94. The van der Waals surface area contributed by atoms with Crippen LogP contribution in [0.3, 0.4) is 0 Å². The van der Waals surface area contributed by atoms with Crippen molar-refractivity contribution in [1.82, 2.24) is 9.97 Å². The number of ether oxygens (including phenoxy) is 3. The number of nitrogen functional groups attached to an aromatic ring is 1. The van der Waals surface area contributed by atoms with Crippen LogP contribution in [0.15, 0.2) is 54.4 Å². The minimum atomic E-state index is 0.0994. The lowest BCUT2D eigenvalue weighted by molar-refractivity contribution is 0.324. The molecule has 0 saturated heterocycles. The lowest BCUT2D eigenvalue weighted by Gasteiger charge is -2.20. The first-order chi connectivity index (χ1) is 15.5. The smallest absolute Gasteiger partial charge is 0.203 e. The van der Waals surface area contributed by atoms with Gasteiger partial charge in [0.2, 0.25) is 5.75 Å². The van der Waals surface area contributed by atoms with E-state index in [0.717, 1.165) is 12.8 Å². The SMILES string of the molecule is C=CC1=C(/C=C\C)CC(Nc2ncnc(N)c2C(=N)c2ccc(OC)c(OC)c2OC)C1. The van der Waals surface area contributed by atoms with Gasteiger partial charge in [-0.2, -0.15) is 0 Å². The van der Waals surface area contributed by atoms with Gasteiger partial charge in [-0.15, -0.1) is 0 Å². The molecule has 0 amide bonds. The van der Waals surface area contributed by atoms with Gasteiger partial charge < -0.3 is 25.3 Å². The van der Waals surface area contributed by atoms with Gasteiger partial charge in [0, 0.05) is 11.6 Å². The number of hydrogen-bond acceptors (Lipinski definition) is 8. The van der Waals surface area contributed by atoms with E-state index in [1.165, 1.54) is 31.7 Å². The molecule has 8 nitrogen and oxygen atoms in total. The second kappa shape index (κ2) is 10.00. The maximum Gasteiger partial charge on any atom is 0.203 e. The number of hydrogen-bond donors (Lipinski definition) is 3. The van der Waals surface area contributed by atoms with E-state index in [4.69, 9.17) is 25.4 Å². The predicted octanol–water partition coefficient (Wildman–Crippen LogP) is 4.13. The van der Waals surface area contributed by atoms with Gasteiger partial charge in [0.25, 0.3) is 0 Å². The highest BCUT2D eigenvalue weighted by Crippen LogP contribution is 2.41. The fraction of sp³-hybridized carbons (Fsp3) is 0.292. The highest BCUT2D eigenvalue weighted by Gasteiger charge is 2.26. The highest BCUT2D eigenvalue weighted by molar-refractivity contribution is 6.18. The van der Waals surface area contributed by atoms with Crippen LogP contribution in [0.2, 0.25) is 0 Å². The number of nitrogens with zero attached hydrogens (tertiary/aromatic N) is 2. The van der Waals surface area contributed by atoms with Crippen LogP contribution in [0.5, 0.6) is 17.2 Å². The molecule has 0 bridgehead atoms. The number of aromatic nitrogens is 2. The molecule has 1 aliphatic rings. The van der Waals surface area contributed by atoms with Crippen molar-refractivity contribution in [2.45, 2.75) is 25.8 Å². The number of nitrogens with one attached hydrogen (secondary N) is 2. The summed E-state index contributed by atoms with van der Waals surface area (Å²) >= 11 is 0. The summed E-state index contributed by atoms with van der Waals surface area (Å²) in [6, 6.07) is 3.55. The fourth-order valence-corrected chi connectivity index (χ4v) is 3.94. The van der Waals surface area contributed by atoms with Crippen molar-refractivity contribution >= 4 is 17.3 Å². The standard InChI is InChI=1S/C24H29N5O3/c1-6-8-15-12-16(11-14(15)7-2)29-24-19(23(26)27-13-28-24)20(25)17-9-10-18(30-3)22(32-5)21(17)31-4/h6-10,13,16,25H,2,11-12H2,1,3-5H3,(H3,26,27,28,29)/b8-6-,25-20?. The Kier molecular flexibility index (Phi) is 7.14. The van der Waals surface area contributed by atoms with E-state index in [1.54, 1.807) is 19.2 Å². The molecule has 0 radical (unpaired) electrons. The lowest BCUT2D eigenvalue weighted by atomic mass is 10.0. The van der Waals surface area contributed by atoms with E-state index in [1.807, 2.05) is 19.1 Å². The molecule has 0 saturated carbocycles. The number of rotatable bonds is 9. The molecule has 1 aliphatic carbocycles. The monoisotopic (exact) mass is 435 g/mol. The van der Waals surface area contributed by atoms with E-state index >= 15 is 0 Å². The van der Waals surface area contributed by atoms with Crippen molar-refractivity contribution in [2.24, 2.45) is 0 Å². The summed E-state index contributed by atoms with van der Waals surface area (Å²) in [7, 11) is 4.58. The molecule has 168 valence electrons. The molecule has 1 atom stereocenters. The molecule has 1 unspecified atom stereocenters. The highest BCUT2D eigenvalue weighted by atomic mass is 16.5. The van der Waals surface area contributed by atoms with Crippen molar-refractivity contribution in [2.75, 3.05) is 32.4 Å². The Bertz CT molecular complexity index is 1090. The molecule has 8 heteroatoms. The third-order valence-electron chi connectivity index (χ3n) is 5.40. The van der Waals surface area contributed by atoms with Crippen LogP contribution in [-0.2, 0) is 0 Å². The van der Waals surface area contributed by atoms with Crippen LogP contribution in [-0.4, -0.2) is 43.1 Å². The van der Waals surface area contributed by atoms with Gasteiger partial charge in [0.15, 0.2) is 11.5 Å². The van der Waals surface area contributed by atoms with Crippen LogP contribution >= 0.6 is 0 Å². The van der Waals surface area contributed by atoms with Crippen molar-refractivity contribution in [3.63, 3.8) is 0 Å². The topological polar surface area (TPSA) is 115 Å². The predicted molar refractivity (Wildman–Crippen MR) is 127 cm³/mol. The first-order valence-corrected chi connectivity index (χ1v) is 10.2. The van der Waals surface area contributed by atoms with E-state index in [2.05, 4.69) is 27.9 Å². The maximum absolute atomic E-state index is 8.94. The molecular weight excluding hydrogens is 406 g/mol. The van der Waals surface area contributed by atoms with E-state index in [0.29, 0.717) is 34.2 Å². The molecule has 1 aromatic carbocycles. The van der Waals surface area contributed by atoms with Gasteiger partial charge in [-0.05, 0) is 43.0 Å². The number of anilines is 2. The molecule has 4 N–H and O–H groups in total. The van der Waals surface area contributed by atoms with Crippen LogP contribution < -0.4 is 25.3 Å². The second-order valence-corrected chi connectivity index (χ2v) is 7.24. The Morgan fingerprint density at radius 2 is 1.84 bits per heavy atom. The van der Waals surface area contributed by atoms with E-state index in [-0.39, 0.29) is 17.6 Å². The molecule has 0 aliphatic heterocycles. The summed E-state index contributed by atoms with van der Waals surface area (Å²) in [6.07, 6.45) is 9.03. The van der Waals surface area contributed by atoms with Gasteiger partial charge in [-0.25, -0.2) is 9.97 Å². The Balaban J connectivity index is 1.99. The van der Waals surface area contributed by atoms with Crippen molar-refractivity contribution in [1.29, 1.82) is 5.41 Å². The lowest BCUT2D eigenvalue weighted by Crippen LogP contribution is -2.21. The van der Waals surface area contributed by atoms with Gasteiger partial charge >= 0.3 is 0 Å². The number of benzene rings is 1. The quantitative estimate of drug-likeness (QED) is 0.507. The Labute approximate surface area is 188 Å². The van der Waals surface area contributed by atoms with Crippen LogP contribution in [0.25, 0.3) is 0 Å². The van der Waals surface area contributed by atoms with Crippen LogP contribution in [0.4, 0.5) is 11.6 Å². The molecule has 1 aromatic heterocycles. The minimum Gasteiger partial charge on any atom is -0.493 e. The van der Waals surface area contributed by atoms with Gasteiger partial charge in [-0.1, -0.05) is 24.8 Å². The zero-order valence-corrected chi connectivity index (χ0v) is 18.9. The zero-order chi connectivity index (χ0) is 23.3. The molecule has 32 heavy (non-hydrogen) atoms. The summed E-state index contributed by atoms with van der Waals surface area (Å²) in [5, 5.41) is 12.4. The van der Waals surface area contributed by atoms with Gasteiger partial charge in [0.05, 0.1) is 32.6 Å². The normalized spacial score (nSPS) is 15.7. The minimum absolute atomic E-state index is 0.0994. The molecular formula is C24H29N5O3. The Morgan fingerprint density at radius 3 is 2.47 bits per heavy atom. The Morgan fingerprint density at radius 1 is 1.12 bits per heavy atom. The summed E-state index contributed by atoms with van der Waals surface area (Å²) < 4.78 is 16.4. The third-order valence-corrected chi connectivity index (χ3v) is 5.40. The summed E-state index contributed by atoms with van der Waals surface area (Å²) in [5.74, 6) is 1.97. The summed E-state index contributed by atoms with van der Waals surface area (Å²) in [6.45, 7) is 5.93. The van der Waals surface area contributed by atoms with Crippen LogP contribution in [0, 0.1) is 5.41 Å². The number of methoxy groups -OCH3 is 3. The van der Waals surface area contributed by atoms with Crippen molar-refractivity contribution in [3.8, 4) is 17.2 Å². The third kappa shape index (κ3) is 4.30. The summed E-state index contributed by atoms with van der Waals surface area (Å²) in [4.78, 5) is 8.52. The number of allylic oxidation sites excluding steroid dienone is 3.